The molecule has 3 saturated heterocycles. The van der Waals surface area contributed by atoms with E-state index in [0.717, 1.165) is 12.0 Å². The van der Waals surface area contributed by atoms with Crippen LogP contribution >= 0.6 is 0 Å². The Balaban J connectivity index is 1.35. The highest BCUT2D eigenvalue weighted by Crippen LogP contribution is 2.46. The first-order valence-corrected chi connectivity index (χ1v) is 28.5. The molecular formula is C60H92N6O12. The zero-order valence-electron chi connectivity index (χ0n) is 47.7. The number of aliphatic hydroxyl groups excluding tert-OH is 4. The number of ether oxygens (including phenoxy) is 2. The number of anilines is 1. The molecule has 4 heterocycles. The van der Waals surface area contributed by atoms with Gasteiger partial charge in [-0.3, -0.25) is 29.0 Å². The van der Waals surface area contributed by atoms with Gasteiger partial charge in [0.1, 0.15) is 35.7 Å². The number of rotatable bonds is 15. The number of amides is 4. The lowest BCUT2D eigenvalue weighted by Gasteiger charge is -2.56. The number of aliphatic hydroxyl groups is 4. The highest BCUT2D eigenvalue weighted by atomic mass is 16.5. The number of hydrogen-bond acceptors (Lipinski definition) is 14. The third kappa shape index (κ3) is 16.7. The average molecular weight is 1090 g/mol. The summed E-state index contributed by atoms with van der Waals surface area (Å²) >= 11 is 0. The lowest BCUT2D eigenvalue weighted by Crippen LogP contribution is -2.71. The minimum atomic E-state index is -1.42. The van der Waals surface area contributed by atoms with Gasteiger partial charge in [0.2, 0.25) is 17.7 Å². The van der Waals surface area contributed by atoms with Crippen molar-refractivity contribution in [1.82, 2.24) is 26.4 Å². The summed E-state index contributed by atoms with van der Waals surface area (Å²) < 4.78 is 12.9. The quantitative estimate of drug-likeness (QED) is 0.0614. The number of benzene rings is 1. The number of hydrogen-bond donors (Lipinski definition) is 9. The number of cyclic esters (lactones) is 1. The van der Waals surface area contributed by atoms with E-state index in [-0.39, 0.29) is 73.5 Å². The molecule has 1 aromatic rings. The van der Waals surface area contributed by atoms with Crippen molar-refractivity contribution in [1.29, 1.82) is 0 Å². The molecule has 1 aromatic carbocycles. The number of fused-ring (bicyclic) bond motifs is 2. The van der Waals surface area contributed by atoms with Gasteiger partial charge in [-0.1, -0.05) is 110 Å². The molecule has 0 aromatic heterocycles. The van der Waals surface area contributed by atoms with E-state index in [4.69, 9.17) is 15.2 Å². The molecule has 0 radical (unpaired) electrons. The average Bonchev–Trinajstić information content (AvgIpc) is 3.51. The van der Waals surface area contributed by atoms with Gasteiger partial charge in [-0.2, -0.15) is 0 Å². The van der Waals surface area contributed by atoms with Gasteiger partial charge in [0.15, 0.2) is 0 Å². The Hall–Kier alpha value is -5.24. The number of Topliss-reactive ketones (excluding diaryl/α,β-unsaturated/α-hetero) is 1. The van der Waals surface area contributed by atoms with Crippen LogP contribution in [0.15, 0.2) is 72.4 Å². The Morgan fingerprint density at radius 2 is 1.69 bits per heavy atom. The number of nitrogens with two attached hydrogens (primary N) is 1. The van der Waals surface area contributed by atoms with Crippen LogP contribution in [0.2, 0.25) is 0 Å². The van der Waals surface area contributed by atoms with E-state index in [2.05, 4.69) is 28.3 Å². The standard InChI is InChI=1S/C60H92N6O12/c1-11-43-30-37(6)60(64-55(43)72)41(10)53(70)40(9)51(78-60)33-49(69)35(4)20-14-12-15-21-36(5)50-26-17-13-16-25-48(68)39(8)54(71)45(28-27-38(7)67)56(73)63-52(34(2)3)57(74)62-47(32-42-22-18-23-44(61)31-42)58(75)66-29-19-24-46(65-66)59(76)77-50/h12-13,15-18,21-23,25,31,34-35,37,39-41,43,45-54,65,68-71H,11,14,19-20,24,26-30,32-33,61H2,1-10H3,(H,62,74)(H,63,73)(H,64,72)/t35-,37-,39-,40-,41-,43-,45+,46?,47-,48-,49-,50-,51-,52-,53-,54+,60+/m0/s1. The fourth-order valence-corrected chi connectivity index (χ4v) is 11.4. The van der Waals surface area contributed by atoms with Crippen molar-refractivity contribution in [3.05, 3.63) is 77.9 Å². The molecule has 17 atom stereocenters. The second-order valence-corrected chi connectivity index (χ2v) is 23.2. The van der Waals surface area contributed by atoms with Crippen LogP contribution in [0.25, 0.3) is 0 Å². The lowest BCUT2D eigenvalue weighted by atomic mass is 9.69. The normalized spacial score (nSPS) is 34.1. The fourth-order valence-electron chi connectivity index (χ4n) is 11.4. The molecule has 18 heteroatoms. The van der Waals surface area contributed by atoms with E-state index in [1.165, 1.54) is 18.0 Å². The van der Waals surface area contributed by atoms with Crippen LogP contribution < -0.4 is 27.1 Å². The van der Waals surface area contributed by atoms with Gasteiger partial charge in [0, 0.05) is 67.5 Å². The molecule has 3 fully saturated rings. The van der Waals surface area contributed by atoms with Crippen LogP contribution in [-0.4, -0.2) is 128 Å². The van der Waals surface area contributed by atoms with Crippen LogP contribution in [0.5, 0.6) is 0 Å². The predicted molar refractivity (Wildman–Crippen MR) is 298 cm³/mol. The van der Waals surface area contributed by atoms with Gasteiger partial charge in [-0.15, -0.1) is 0 Å². The third-order valence-electron chi connectivity index (χ3n) is 16.9. The Labute approximate surface area is 462 Å². The number of allylic oxidation sites excluding steroid dienone is 5. The molecule has 0 aliphatic carbocycles. The summed E-state index contributed by atoms with van der Waals surface area (Å²) in [5.41, 5.74) is 10.00. The summed E-state index contributed by atoms with van der Waals surface area (Å²) in [6.45, 7) is 18.4. The van der Waals surface area contributed by atoms with Crippen LogP contribution in [0.4, 0.5) is 5.69 Å². The van der Waals surface area contributed by atoms with Crippen molar-refractivity contribution < 1.29 is 58.7 Å². The molecule has 10 N–H and O–H groups in total. The number of piperidine rings is 1. The Morgan fingerprint density at radius 1 is 0.962 bits per heavy atom. The molecule has 2 bridgehead atoms. The van der Waals surface area contributed by atoms with E-state index in [9.17, 15) is 49.2 Å². The second-order valence-electron chi connectivity index (χ2n) is 23.2. The van der Waals surface area contributed by atoms with Gasteiger partial charge in [-0.05, 0) is 93.9 Å². The largest absolute Gasteiger partial charge is 0.456 e. The number of carbonyl (C=O) groups excluding carboxylic acids is 6. The maximum absolute atomic E-state index is 14.6. The number of hydrazine groups is 1. The van der Waals surface area contributed by atoms with Crippen molar-refractivity contribution in [3.63, 3.8) is 0 Å². The molecule has 4 aliphatic heterocycles. The first kappa shape index (κ1) is 63.6. The minimum absolute atomic E-state index is 0.0225. The van der Waals surface area contributed by atoms with Gasteiger partial charge in [-0.25, -0.2) is 5.43 Å². The zero-order chi connectivity index (χ0) is 57.6. The number of esters is 1. The van der Waals surface area contributed by atoms with Crippen molar-refractivity contribution >= 4 is 41.1 Å². The van der Waals surface area contributed by atoms with Crippen molar-refractivity contribution in [2.24, 2.45) is 47.3 Å². The van der Waals surface area contributed by atoms with Gasteiger partial charge in [0.25, 0.3) is 5.91 Å². The van der Waals surface area contributed by atoms with E-state index in [1.54, 1.807) is 63.3 Å². The summed E-state index contributed by atoms with van der Waals surface area (Å²) in [5.74, 6) is -6.10. The summed E-state index contributed by atoms with van der Waals surface area (Å²) in [7, 11) is 0. The molecule has 5 rings (SSSR count). The molecule has 1 unspecified atom stereocenters. The maximum Gasteiger partial charge on any atom is 0.325 e. The van der Waals surface area contributed by atoms with Crippen molar-refractivity contribution in [3.8, 4) is 0 Å². The molecule has 4 aliphatic rings. The Bertz CT molecular complexity index is 2340. The first-order chi connectivity index (χ1) is 36.9. The Kier molecular flexibility index (Phi) is 23.9. The van der Waals surface area contributed by atoms with Crippen molar-refractivity contribution in [2.45, 2.75) is 200 Å². The molecule has 78 heavy (non-hydrogen) atoms. The van der Waals surface area contributed by atoms with E-state index < -0.39 is 102 Å². The number of ketones is 1. The van der Waals surface area contributed by atoms with Gasteiger partial charge < -0.3 is 56.4 Å². The van der Waals surface area contributed by atoms with E-state index in [1.807, 2.05) is 52.8 Å². The van der Waals surface area contributed by atoms with Gasteiger partial charge in [0.05, 0.1) is 36.4 Å². The number of nitrogens with zero attached hydrogens (tertiary/aromatic N) is 1. The lowest BCUT2D eigenvalue weighted by molar-refractivity contribution is -0.267. The summed E-state index contributed by atoms with van der Waals surface area (Å²) in [6, 6.07) is 3.65. The monoisotopic (exact) mass is 1090 g/mol. The van der Waals surface area contributed by atoms with Crippen LogP contribution in [-0.2, 0) is 44.7 Å². The topological polar surface area (TPSA) is 279 Å². The smallest absolute Gasteiger partial charge is 0.325 e. The number of nitrogen functional groups attached to an aromatic ring is 1. The second kappa shape index (κ2) is 29.3. The molecule has 4 amide bonds. The molecule has 1 spiro atoms. The summed E-state index contributed by atoms with van der Waals surface area (Å²) in [4.78, 5) is 82.3. The van der Waals surface area contributed by atoms with E-state index in [0.29, 0.717) is 49.8 Å². The predicted octanol–water partition coefficient (Wildman–Crippen LogP) is 5.28. The van der Waals surface area contributed by atoms with Crippen LogP contribution in [0.3, 0.4) is 0 Å². The first-order valence-electron chi connectivity index (χ1n) is 28.5. The molecular weight excluding hydrogens is 997 g/mol. The molecule has 434 valence electrons. The zero-order valence-corrected chi connectivity index (χ0v) is 47.7. The Morgan fingerprint density at radius 3 is 2.37 bits per heavy atom. The summed E-state index contributed by atoms with van der Waals surface area (Å²) in [6.07, 6.45) is 10.9. The minimum Gasteiger partial charge on any atom is -0.456 e. The third-order valence-corrected chi connectivity index (χ3v) is 16.9. The molecule has 0 saturated carbocycles. The highest BCUT2D eigenvalue weighted by Gasteiger charge is 2.57. The number of nitrogens with one attached hydrogen (secondary N) is 4. The van der Waals surface area contributed by atoms with Gasteiger partial charge >= 0.3 is 5.97 Å². The molecule has 18 nitrogen and oxygen atoms in total. The van der Waals surface area contributed by atoms with E-state index >= 15 is 0 Å². The number of carbonyl (C=O) groups is 6. The van der Waals surface area contributed by atoms with Crippen LogP contribution in [0.1, 0.15) is 139 Å². The fraction of sp³-hybridized carbons (Fsp3) is 0.667. The maximum atomic E-state index is 14.6. The SMILES string of the molecule is CC[C@H]1C[C@H](C)[C@@]2(NC1=O)O[C@@H](C[C@H](O)[C@@H](C)CCC=CC=C(C)[C@@H]1CC=CC=C[C@H](O)[C@H](C)[C@@H](O)[C@@H](CCC(C)=O)C(=O)N[C@@H](C(C)C)C(=O)N[C@@H](Cc3cccc(N)c3)C(=O)N3CCCC(N3)C(=O)O1)[C@H](C)[C@H](O)[C@@H]2C. The highest BCUT2D eigenvalue weighted by molar-refractivity contribution is 5.93. The van der Waals surface area contributed by atoms with Crippen molar-refractivity contribution in [2.75, 3.05) is 12.3 Å². The summed E-state index contributed by atoms with van der Waals surface area (Å²) in [5, 5.41) is 55.9. The van der Waals surface area contributed by atoms with Crippen LogP contribution in [0, 0.1) is 47.3 Å².